The van der Waals surface area contributed by atoms with Crippen molar-refractivity contribution in [2.24, 2.45) is 0 Å². The molecule has 2 aromatic heterocycles. The number of carbonyl (C=O) groups is 1. The number of aromatic nitrogens is 2. The molecule has 18 heavy (non-hydrogen) atoms. The van der Waals surface area contributed by atoms with Crippen molar-refractivity contribution in [1.29, 1.82) is 0 Å². The Bertz CT molecular complexity index is 703. The van der Waals surface area contributed by atoms with E-state index in [2.05, 4.69) is 9.97 Å². The van der Waals surface area contributed by atoms with Crippen LogP contribution in [-0.2, 0) is 0 Å². The lowest BCUT2D eigenvalue weighted by Crippen LogP contribution is -2.04. The van der Waals surface area contributed by atoms with Crippen LogP contribution in [0.15, 0.2) is 61.1 Å². The van der Waals surface area contributed by atoms with Gasteiger partial charge in [0.1, 0.15) is 5.69 Å². The quantitative estimate of drug-likeness (QED) is 0.640. The van der Waals surface area contributed by atoms with E-state index in [9.17, 15) is 4.79 Å². The lowest BCUT2D eigenvalue weighted by Gasteiger charge is -2.04. The summed E-state index contributed by atoms with van der Waals surface area (Å²) >= 11 is 0. The molecule has 0 atom stereocenters. The molecule has 0 amide bonds. The number of benzene rings is 1. The van der Waals surface area contributed by atoms with Crippen LogP contribution in [0.3, 0.4) is 0 Å². The van der Waals surface area contributed by atoms with Gasteiger partial charge < -0.3 is 0 Å². The van der Waals surface area contributed by atoms with E-state index in [1.807, 2.05) is 24.3 Å². The molecule has 0 aliphatic heterocycles. The summed E-state index contributed by atoms with van der Waals surface area (Å²) in [5.41, 5.74) is 1.03. The number of ketones is 1. The maximum absolute atomic E-state index is 12.4. The van der Waals surface area contributed by atoms with Crippen LogP contribution in [0.5, 0.6) is 0 Å². The number of hydrogen-bond acceptors (Lipinski definition) is 3. The van der Waals surface area contributed by atoms with Crippen molar-refractivity contribution in [2.45, 2.75) is 0 Å². The lowest BCUT2D eigenvalue weighted by molar-refractivity contribution is 0.103. The minimum Gasteiger partial charge on any atom is -0.287 e. The predicted octanol–water partition coefficient (Wildman–Crippen LogP) is 2.86. The molecule has 0 saturated carbocycles. The van der Waals surface area contributed by atoms with Gasteiger partial charge in [0.2, 0.25) is 5.78 Å². The van der Waals surface area contributed by atoms with E-state index in [1.54, 1.807) is 36.8 Å². The molecule has 0 radical (unpaired) electrons. The highest BCUT2D eigenvalue weighted by Gasteiger charge is 2.13. The SMILES string of the molecule is O=C(c1ccccn1)c1cncc2ccccc12. The van der Waals surface area contributed by atoms with Gasteiger partial charge in [0, 0.05) is 24.0 Å². The molecule has 1 aromatic carbocycles. The van der Waals surface area contributed by atoms with Gasteiger partial charge in [-0.15, -0.1) is 0 Å². The third kappa shape index (κ3) is 1.76. The Morgan fingerprint density at radius 1 is 0.944 bits per heavy atom. The molecule has 0 unspecified atom stereocenters. The number of rotatable bonds is 2. The van der Waals surface area contributed by atoms with Gasteiger partial charge in [0.15, 0.2) is 0 Å². The average molecular weight is 234 g/mol. The Labute approximate surface area is 104 Å². The van der Waals surface area contributed by atoms with Crippen molar-refractivity contribution >= 4 is 16.6 Å². The zero-order valence-electron chi connectivity index (χ0n) is 9.58. The molecule has 2 heterocycles. The van der Waals surface area contributed by atoms with Gasteiger partial charge in [0.05, 0.1) is 5.56 Å². The second-order valence-electron chi connectivity index (χ2n) is 3.95. The van der Waals surface area contributed by atoms with Crippen LogP contribution in [-0.4, -0.2) is 15.8 Å². The molecule has 0 aliphatic carbocycles. The van der Waals surface area contributed by atoms with Gasteiger partial charge in [-0.2, -0.15) is 0 Å². The highest BCUT2D eigenvalue weighted by molar-refractivity contribution is 6.15. The van der Waals surface area contributed by atoms with Crippen LogP contribution in [0, 0.1) is 0 Å². The largest absolute Gasteiger partial charge is 0.287 e. The van der Waals surface area contributed by atoms with Crippen LogP contribution in [0.2, 0.25) is 0 Å². The normalized spacial score (nSPS) is 10.4. The van der Waals surface area contributed by atoms with Gasteiger partial charge in [-0.25, -0.2) is 0 Å². The first-order chi connectivity index (χ1) is 8.86. The molecular weight excluding hydrogens is 224 g/mol. The Balaban J connectivity index is 2.18. The van der Waals surface area contributed by atoms with Crippen molar-refractivity contribution in [1.82, 2.24) is 9.97 Å². The summed E-state index contributed by atoms with van der Waals surface area (Å²) in [6.07, 6.45) is 4.97. The predicted molar refractivity (Wildman–Crippen MR) is 69.4 cm³/mol. The molecule has 0 fully saturated rings. The zero-order valence-corrected chi connectivity index (χ0v) is 9.58. The van der Waals surface area contributed by atoms with E-state index in [-0.39, 0.29) is 5.78 Å². The fourth-order valence-electron chi connectivity index (χ4n) is 1.93. The van der Waals surface area contributed by atoms with E-state index in [0.29, 0.717) is 11.3 Å². The van der Waals surface area contributed by atoms with Gasteiger partial charge in [-0.3, -0.25) is 14.8 Å². The molecule has 0 aliphatic rings. The first-order valence-electron chi connectivity index (χ1n) is 5.65. The fraction of sp³-hybridized carbons (Fsp3) is 0. The number of fused-ring (bicyclic) bond motifs is 1. The average Bonchev–Trinajstić information content (AvgIpc) is 2.47. The molecule has 0 spiro atoms. The zero-order chi connectivity index (χ0) is 12.4. The second kappa shape index (κ2) is 4.37. The summed E-state index contributed by atoms with van der Waals surface area (Å²) in [4.78, 5) is 20.6. The highest BCUT2D eigenvalue weighted by atomic mass is 16.1. The van der Waals surface area contributed by atoms with Crippen molar-refractivity contribution < 1.29 is 4.79 Å². The van der Waals surface area contributed by atoms with Crippen LogP contribution in [0.4, 0.5) is 0 Å². The first kappa shape index (κ1) is 10.6. The fourth-order valence-corrected chi connectivity index (χ4v) is 1.93. The number of carbonyl (C=O) groups excluding carboxylic acids is 1. The third-order valence-corrected chi connectivity index (χ3v) is 2.81. The summed E-state index contributed by atoms with van der Waals surface area (Å²) in [6.45, 7) is 0. The van der Waals surface area contributed by atoms with Crippen molar-refractivity contribution in [2.75, 3.05) is 0 Å². The maximum Gasteiger partial charge on any atom is 0.213 e. The molecule has 86 valence electrons. The van der Waals surface area contributed by atoms with Gasteiger partial charge in [-0.1, -0.05) is 30.3 Å². The minimum absolute atomic E-state index is 0.0973. The van der Waals surface area contributed by atoms with Gasteiger partial charge in [-0.05, 0) is 17.5 Å². The molecule has 3 rings (SSSR count). The minimum atomic E-state index is -0.0973. The highest BCUT2D eigenvalue weighted by Crippen LogP contribution is 2.19. The second-order valence-corrected chi connectivity index (χ2v) is 3.95. The molecule has 3 nitrogen and oxygen atoms in total. The number of pyridine rings is 2. The van der Waals surface area contributed by atoms with E-state index in [4.69, 9.17) is 0 Å². The summed E-state index contributed by atoms with van der Waals surface area (Å²) < 4.78 is 0. The third-order valence-electron chi connectivity index (χ3n) is 2.81. The van der Waals surface area contributed by atoms with Crippen LogP contribution in [0.1, 0.15) is 16.1 Å². The number of hydrogen-bond donors (Lipinski definition) is 0. The van der Waals surface area contributed by atoms with E-state index >= 15 is 0 Å². The Morgan fingerprint density at radius 2 is 1.78 bits per heavy atom. The van der Waals surface area contributed by atoms with E-state index < -0.39 is 0 Å². The number of nitrogens with zero attached hydrogens (tertiary/aromatic N) is 2. The lowest BCUT2D eigenvalue weighted by atomic mass is 10.0. The monoisotopic (exact) mass is 234 g/mol. The van der Waals surface area contributed by atoms with Crippen molar-refractivity contribution in [3.63, 3.8) is 0 Å². The van der Waals surface area contributed by atoms with Gasteiger partial charge >= 0.3 is 0 Å². The molecule has 3 aromatic rings. The standard InChI is InChI=1S/C15H10N2O/c18-15(14-7-3-4-8-17-14)13-10-16-9-11-5-1-2-6-12(11)13/h1-10H. The smallest absolute Gasteiger partial charge is 0.213 e. The molecule has 3 heteroatoms. The Hall–Kier alpha value is -2.55. The molecule has 0 saturated heterocycles. The topological polar surface area (TPSA) is 42.9 Å². The first-order valence-corrected chi connectivity index (χ1v) is 5.65. The Kier molecular flexibility index (Phi) is 2.57. The summed E-state index contributed by atoms with van der Waals surface area (Å²) in [6, 6.07) is 13.0. The molecule has 0 bridgehead atoms. The molecular formula is C15H10N2O. The van der Waals surface area contributed by atoms with Crippen LogP contribution in [0.25, 0.3) is 10.8 Å². The Morgan fingerprint density at radius 3 is 2.61 bits per heavy atom. The van der Waals surface area contributed by atoms with Crippen molar-refractivity contribution in [3.8, 4) is 0 Å². The van der Waals surface area contributed by atoms with Gasteiger partial charge in [0.25, 0.3) is 0 Å². The van der Waals surface area contributed by atoms with Crippen molar-refractivity contribution in [3.05, 3.63) is 72.3 Å². The molecule has 0 N–H and O–H groups in total. The van der Waals surface area contributed by atoms with E-state index in [0.717, 1.165) is 10.8 Å². The van der Waals surface area contributed by atoms with Crippen LogP contribution >= 0.6 is 0 Å². The summed E-state index contributed by atoms with van der Waals surface area (Å²) in [7, 11) is 0. The summed E-state index contributed by atoms with van der Waals surface area (Å²) in [5.74, 6) is -0.0973. The summed E-state index contributed by atoms with van der Waals surface area (Å²) in [5, 5.41) is 1.86. The van der Waals surface area contributed by atoms with Crippen LogP contribution < -0.4 is 0 Å². The van der Waals surface area contributed by atoms with E-state index in [1.165, 1.54) is 0 Å². The maximum atomic E-state index is 12.4.